The van der Waals surface area contributed by atoms with E-state index in [1.54, 1.807) is 9.80 Å². The van der Waals surface area contributed by atoms with Crippen LogP contribution >= 0.6 is 0 Å². The second-order valence-electron chi connectivity index (χ2n) is 15.7. The van der Waals surface area contributed by atoms with Crippen molar-refractivity contribution < 1.29 is 28.7 Å². The van der Waals surface area contributed by atoms with Crippen LogP contribution in [-0.2, 0) is 43.2 Å². The molecule has 1 saturated heterocycles. The summed E-state index contributed by atoms with van der Waals surface area (Å²) in [4.78, 5) is 62.0. The predicted octanol–water partition coefficient (Wildman–Crippen LogP) is 7.02. The van der Waals surface area contributed by atoms with Crippen LogP contribution in [0.2, 0.25) is 0 Å². The molecule has 0 spiro atoms. The molecule has 7 rings (SSSR count). The van der Waals surface area contributed by atoms with Crippen LogP contribution in [-0.4, -0.2) is 65.0 Å². The van der Waals surface area contributed by atoms with E-state index in [1.165, 1.54) is 12.0 Å². The average Bonchev–Trinajstić information content (AvgIpc) is 3.76. The number of fused-ring (bicyclic) bond motifs is 2. The second kappa shape index (κ2) is 14.2. The Kier molecular flexibility index (Phi) is 9.66. The molecule has 3 amide bonds. The lowest BCUT2D eigenvalue weighted by Gasteiger charge is -2.40. The van der Waals surface area contributed by atoms with Gasteiger partial charge >= 0.3 is 12.1 Å². The van der Waals surface area contributed by atoms with Gasteiger partial charge in [-0.25, -0.2) is 9.59 Å². The zero-order chi connectivity index (χ0) is 35.9. The van der Waals surface area contributed by atoms with Gasteiger partial charge in [-0.1, -0.05) is 93.6 Å². The number of carbonyl (C=O) groups is 4. The van der Waals surface area contributed by atoms with Crippen molar-refractivity contribution in [2.24, 2.45) is 11.3 Å². The third kappa shape index (κ3) is 6.75. The minimum atomic E-state index is -0.876. The lowest BCUT2D eigenvalue weighted by atomic mass is 9.72. The summed E-state index contributed by atoms with van der Waals surface area (Å²) in [6.07, 6.45) is 4.49. The van der Waals surface area contributed by atoms with Gasteiger partial charge in [0.1, 0.15) is 24.2 Å². The third-order valence-corrected chi connectivity index (χ3v) is 11.7. The summed E-state index contributed by atoms with van der Waals surface area (Å²) in [5.41, 5.74) is 4.66. The van der Waals surface area contributed by atoms with Crippen LogP contribution in [0.15, 0.2) is 78.9 Å². The summed E-state index contributed by atoms with van der Waals surface area (Å²) < 4.78 is 11.4. The molecule has 1 aliphatic carbocycles. The van der Waals surface area contributed by atoms with E-state index in [-0.39, 0.29) is 35.9 Å². The number of rotatable bonds is 5. The maximum Gasteiger partial charge on any atom is 0.415 e. The van der Waals surface area contributed by atoms with Crippen LogP contribution in [0.4, 0.5) is 10.5 Å². The molecule has 3 aliphatic heterocycles. The maximum absolute atomic E-state index is 15.1. The Labute approximate surface area is 300 Å². The van der Waals surface area contributed by atoms with Gasteiger partial charge < -0.3 is 19.3 Å². The van der Waals surface area contributed by atoms with Crippen molar-refractivity contribution in [2.45, 2.75) is 109 Å². The van der Waals surface area contributed by atoms with Gasteiger partial charge in [0.15, 0.2) is 0 Å². The van der Waals surface area contributed by atoms with E-state index in [9.17, 15) is 14.4 Å². The fraction of sp³-hybridized carbons (Fsp3) is 0.476. The van der Waals surface area contributed by atoms with E-state index < -0.39 is 30.2 Å². The van der Waals surface area contributed by atoms with Crippen molar-refractivity contribution in [3.63, 3.8) is 0 Å². The smallest absolute Gasteiger partial charge is 0.415 e. The topological polar surface area (TPSA) is 96.5 Å². The lowest BCUT2D eigenvalue weighted by Crippen LogP contribution is -2.58. The highest BCUT2D eigenvalue weighted by molar-refractivity contribution is 6.02. The Morgan fingerprint density at radius 3 is 1.98 bits per heavy atom. The predicted molar refractivity (Wildman–Crippen MR) is 194 cm³/mol. The van der Waals surface area contributed by atoms with Gasteiger partial charge in [-0.3, -0.25) is 14.5 Å². The SMILES string of the molecule is COC(=O)C1Cc2ccccc2CN1C(=O)[C@H]1CC[C@@H](c2ccccc2)N1C(=O)[C@H]1Cc2ccccc2N1C(=O)OC1CCC(C(C)(C)C)CC1. The normalized spacial score (nSPS) is 25.9. The molecule has 0 N–H and O–H groups in total. The minimum absolute atomic E-state index is 0.202. The monoisotopic (exact) mass is 691 g/mol. The first kappa shape index (κ1) is 34.8. The zero-order valence-corrected chi connectivity index (χ0v) is 30.1. The highest BCUT2D eigenvalue weighted by atomic mass is 16.6. The number of esters is 1. The van der Waals surface area contributed by atoms with E-state index in [0.717, 1.165) is 47.9 Å². The fourth-order valence-electron chi connectivity index (χ4n) is 8.88. The second-order valence-corrected chi connectivity index (χ2v) is 15.7. The maximum atomic E-state index is 15.1. The van der Waals surface area contributed by atoms with Crippen molar-refractivity contribution >= 4 is 29.6 Å². The van der Waals surface area contributed by atoms with E-state index in [0.29, 0.717) is 37.3 Å². The number of ether oxygens (including phenoxy) is 2. The van der Waals surface area contributed by atoms with Gasteiger partial charge in [0, 0.05) is 19.4 Å². The van der Waals surface area contributed by atoms with Gasteiger partial charge in [0.2, 0.25) is 11.8 Å². The molecule has 3 aromatic rings. The Morgan fingerprint density at radius 2 is 1.29 bits per heavy atom. The molecule has 0 bridgehead atoms. The third-order valence-electron chi connectivity index (χ3n) is 11.7. The molecule has 4 aliphatic rings. The molecular formula is C42H49N3O6. The minimum Gasteiger partial charge on any atom is -0.467 e. The van der Waals surface area contributed by atoms with Crippen LogP contribution in [0.25, 0.3) is 0 Å². The van der Waals surface area contributed by atoms with E-state index >= 15 is 4.79 Å². The van der Waals surface area contributed by atoms with Crippen LogP contribution < -0.4 is 4.90 Å². The Bertz CT molecular complexity index is 1780. The summed E-state index contributed by atoms with van der Waals surface area (Å²) in [5.74, 6) is -0.491. The summed E-state index contributed by atoms with van der Waals surface area (Å²) in [6, 6.07) is 22.3. The zero-order valence-electron chi connectivity index (χ0n) is 30.1. The Hall–Kier alpha value is -4.66. The van der Waals surface area contributed by atoms with Crippen molar-refractivity contribution in [3.05, 3.63) is 101 Å². The van der Waals surface area contributed by atoms with Gasteiger partial charge in [-0.15, -0.1) is 0 Å². The standard InChI is InChI=1S/C42H49N3O6/c1-42(2,3)31-18-20-32(21-19-31)51-41(49)45-33-17-11-10-15-29(33)25-36(45)39(47)44-34(27-12-6-5-7-13-27)22-23-35(44)38(46)43-26-30-16-9-8-14-28(30)24-37(43)40(48)50-4/h5-17,31-32,34-37H,18-26H2,1-4H3/t31?,32?,34-,35+,36+,37?/m0/s1. The number of hydrogen-bond acceptors (Lipinski definition) is 6. The van der Waals surface area contributed by atoms with E-state index in [1.807, 2.05) is 78.9 Å². The van der Waals surface area contributed by atoms with Gasteiger partial charge in [-0.2, -0.15) is 0 Å². The molecule has 51 heavy (non-hydrogen) atoms. The summed E-state index contributed by atoms with van der Waals surface area (Å²) >= 11 is 0. The highest BCUT2D eigenvalue weighted by Gasteiger charge is 2.51. The number of benzene rings is 3. The molecule has 3 heterocycles. The van der Waals surface area contributed by atoms with Crippen LogP contribution in [0, 0.1) is 11.3 Å². The number of amides is 3. The molecule has 4 atom stereocenters. The van der Waals surface area contributed by atoms with Crippen LogP contribution in [0.1, 0.15) is 87.6 Å². The molecule has 0 radical (unpaired) electrons. The highest BCUT2D eigenvalue weighted by Crippen LogP contribution is 2.43. The first-order chi connectivity index (χ1) is 24.5. The van der Waals surface area contributed by atoms with Crippen molar-refractivity contribution in [1.29, 1.82) is 0 Å². The number of anilines is 1. The number of para-hydroxylation sites is 1. The summed E-state index contributed by atoms with van der Waals surface area (Å²) in [5, 5.41) is 0. The molecule has 1 unspecified atom stereocenters. The molecule has 3 aromatic carbocycles. The van der Waals surface area contributed by atoms with E-state index in [2.05, 4.69) is 20.8 Å². The summed E-state index contributed by atoms with van der Waals surface area (Å²) in [7, 11) is 1.34. The molecule has 268 valence electrons. The molecule has 2 fully saturated rings. The first-order valence-corrected chi connectivity index (χ1v) is 18.4. The Morgan fingerprint density at radius 1 is 0.667 bits per heavy atom. The Balaban J connectivity index is 1.20. The number of carbonyl (C=O) groups excluding carboxylic acids is 4. The van der Waals surface area contributed by atoms with Gasteiger partial charge in [0.05, 0.1) is 18.8 Å². The molecule has 9 heteroatoms. The number of methoxy groups -OCH3 is 1. The molecular weight excluding hydrogens is 642 g/mol. The van der Waals surface area contributed by atoms with Gasteiger partial charge in [0.25, 0.3) is 0 Å². The van der Waals surface area contributed by atoms with Crippen molar-refractivity contribution in [1.82, 2.24) is 9.80 Å². The fourth-order valence-corrected chi connectivity index (χ4v) is 8.88. The average molecular weight is 692 g/mol. The number of nitrogens with zero attached hydrogens (tertiary/aromatic N) is 3. The van der Waals surface area contributed by atoms with Crippen LogP contribution in [0.3, 0.4) is 0 Å². The quantitative estimate of drug-likeness (QED) is 0.267. The van der Waals surface area contributed by atoms with Gasteiger partial charge in [-0.05, 0) is 78.2 Å². The number of likely N-dealkylation sites (tertiary alicyclic amines) is 1. The van der Waals surface area contributed by atoms with E-state index in [4.69, 9.17) is 9.47 Å². The van der Waals surface area contributed by atoms with Crippen molar-refractivity contribution in [3.8, 4) is 0 Å². The number of hydrogen-bond donors (Lipinski definition) is 0. The molecule has 0 aromatic heterocycles. The van der Waals surface area contributed by atoms with Crippen molar-refractivity contribution in [2.75, 3.05) is 12.0 Å². The molecule has 1 saturated carbocycles. The lowest BCUT2D eigenvalue weighted by molar-refractivity contribution is -0.157. The summed E-state index contributed by atoms with van der Waals surface area (Å²) in [6.45, 7) is 7.04. The molecule has 9 nitrogen and oxygen atoms in total. The first-order valence-electron chi connectivity index (χ1n) is 18.4. The largest absolute Gasteiger partial charge is 0.467 e. The van der Waals surface area contributed by atoms with Crippen LogP contribution in [0.5, 0.6) is 0 Å².